The SMILES string of the molecule is CCOCCN(CC)c1ccc(C(=O)CC)cc1. The molecule has 0 aliphatic heterocycles. The molecule has 0 aromatic heterocycles. The van der Waals surface area contributed by atoms with Crippen LogP contribution in [0.2, 0.25) is 0 Å². The third-order valence-electron chi connectivity index (χ3n) is 2.97. The summed E-state index contributed by atoms with van der Waals surface area (Å²) in [6.45, 7) is 9.32. The van der Waals surface area contributed by atoms with Gasteiger partial charge >= 0.3 is 0 Å². The third kappa shape index (κ3) is 4.15. The molecule has 0 spiro atoms. The number of carbonyl (C=O) groups is 1. The van der Waals surface area contributed by atoms with E-state index in [-0.39, 0.29) is 5.78 Å². The highest BCUT2D eigenvalue weighted by Gasteiger charge is 2.06. The molecule has 0 saturated heterocycles. The van der Waals surface area contributed by atoms with Crippen LogP contribution in [0.4, 0.5) is 5.69 Å². The lowest BCUT2D eigenvalue weighted by Crippen LogP contribution is -2.27. The van der Waals surface area contributed by atoms with Gasteiger partial charge in [-0.2, -0.15) is 0 Å². The highest BCUT2D eigenvalue weighted by molar-refractivity contribution is 5.96. The summed E-state index contributed by atoms with van der Waals surface area (Å²) in [7, 11) is 0. The smallest absolute Gasteiger partial charge is 0.162 e. The minimum Gasteiger partial charge on any atom is -0.380 e. The molecule has 0 unspecified atom stereocenters. The molecule has 0 N–H and O–H groups in total. The van der Waals surface area contributed by atoms with Crippen molar-refractivity contribution in [2.75, 3.05) is 31.2 Å². The first-order valence-corrected chi connectivity index (χ1v) is 6.68. The largest absolute Gasteiger partial charge is 0.380 e. The van der Waals surface area contributed by atoms with Crippen LogP contribution in [0.1, 0.15) is 37.6 Å². The van der Waals surface area contributed by atoms with E-state index >= 15 is 0 Å². The van der Waals surface area contributed by atoms with Gasteiger partial charge in [-0.05, 0) is 38.1 Å². The number of rotatable bonds is 8. The summed E-state index contributed by atoms with van der Waals surface area (Å²) in [5.74, 6) is 0.193. The van der Waals surface area contributed by atoms with Crippen molar-refractivity contribution in [3.8, 4) is 0 Å². The van der Waals surface area contributed by atoms with Crippen molar-refractivity contribution < 1.29 is 9.53 Å². The Labute approximate surface area is 110 Å². The molecule has 1 aromatic rings. The van der Waals surface area contributed by atoms with Crippen LogP contribution in [0.15, 0.2) is 24.3 Å². The second kappa shape index (κ2) is 7.88. The molecule has 3 heteroatoms. The van der Waals surface area contributed by atoms with Gasteiger partial charge < -0.3 is 9.64 Å². The van der Waals surface area contributed by atoms with Gasteiger partial charge in [0.05, 0.1) is 6.61 Å². The fourth-order valence-corrected chi connectivity index (χ4v) is 1.85. The molecule has 0 amide bonds. The van der Waals surface area contributed by atoms with Crippen LogP contribution in [0.25, 0.3) is 0 Å². The van der Waals surface area contributed by atoms with Crippen molar-refractivity contribution in [1.82, 2.24) is 0 Å². The van der Waals surface area contributed by atoms with E-state index in [1.807, 2.05) is 38.1 Å². The molecule has 0 radical (unpaired) electrons. The van der Waals surface area contributed by atoms with Crippen molar-refractivity contribution in [2.45, 2.75) is 27.2 Å². The Morgan fingerprint density at radius 3 is 2.33 bits per heavy atom. The van der Waals surface area contributed by atoms with E-state index in [1.165, 1.54) is 0 Å². The van der Waals surface area contributed by atoms with Crippen LogP contribution >= 0.6 is 0 Å². The number of ketones is 1. The van der Waals surface area contributed by atoms with E-state index in [2.05, 4.69) is 11.8 Å². The standard InChI is InChI=1S/C15H23NO2/c1-4-15(17)13-7-9-14(10-8-13)16(5-2)11-12-18-6-3/h7-10H,4-6,11-12H2,1-3H3. The fraction of sp³-hybridized carbons (Fsp3) is 0.533. The maximum absolute atomic E-state index is 11.5. The summed E-state index contributed by atoms with van der Waals surface area (Å²) in [6.07, 6.45) is 0.557. The molecular weight excluding hydrogens is 226 g/mol. The number of hydrogen-bond donors (Lipinski definition) is 0. The van der Waals surface area contributed by atoms with E-state index in [0.717, 1.165) is 37.6 Å². The van der Waals surface area contributed by atoms with Crippen LogP contribution in [-0.2, 0) is 4.74 Å². The average molecular weight is 249 g/mol. The van der Waals surface area contributed by atoms with Crippen molar-refractivity contribution in [1.29, 1.82) is 0 Å². The van der Waals surface area contributed by atoms with Gasteiger partial charge in [-0.25, -0.2) is 0 Å². The number of carbonyl (C=O) groups excluding carboxylic acids is 1. The maximum atomic E-state index is 11.5. The molecule has 3 nitrogen and oxygen atoms in total. The van der Waals surface area contributed by atoms with Crippen LogP contribution in [0.5, 0.6) is 0 Å². The van der Waals surface area contributed by atoms with Crippen LogP contribution < -0.4 is 4.90 Å². The second-order valence-corrected chi connectivity index (χ2v) is 4.10. The number of anilines is 1. The maximum Gasteiger partial charge on any atom is 0.162 e. The van der Waals surface area contributed by atoms with E-state index < -0.39 is 0 Å². The van der Waals surface area contributed by atoms with Crippen molar-refractivity contribution in [3.05, 3.63) is 29.8 Å². The Hall–Kier alpha value is -1.35. The number of benzene rings is 1. The summed E-state index contributed by atoms with van der Waals surface area (Å²) in [5, 5.41) is 0. The number of Topliss-reactive ketones (excluding diaryl/α,β-unsaturated/α-hetero) is 1. The van der Waals surface area contributed by atoms with Gasteiger partial charge in [0.2, 0.25) is 0 Å². The molecule has 18 heavy (non-hydrogen) atoms. The lowest BCUT2D eigenvalue weighted by molar-refractivity contribution is 0.0988. The van der Waals surface area contributed by atoms with E-state index in [9.17, 15) is 4.79 Å². The van der Waals surface area contributed by atoms with Gasteiger partial charge in [-0.15, -0.1) is 0 Å². The summed E-state index contributed by atoms with van der Waals surface area (Å²) >= 11 is 0. The molecule has 1 rings (SSSR count). The summed E-state index contributed by atoms with van der Waals surface area (Å²) in [5.41, 5.74) is 1.94. The van der Waals surface area contributed by atoms with Gasteiger partial charge in [0.25, 0.3) is 0 Å². The van der Waals surface area contributed by atoms with Crippen molar-refractivity contribution in [3.63, 3.8) is 0 Å². The topological polar surface area (TPSA) is 29.5 Å². The molecule has 0 saturated carbocycles. The molecule has 0 bridgehead atoms. The molecule has 0 fully saturated rings. The Morgan fingerprint density at radius 1 is 1.17 bits per heavy atom. The first-order chi connectivity index (χ1) is 8.72. The monoisotopic (exact) mass is 249 g/mol. The van der Waals surface area contributed by atoms with E-state index in [4.69, 9.17) is 4.74 Å². The summed E-state index contributed by atoms with van der Waals surface area (Å²) in [4.78, 5) is 13.8. The van der Waals surface area contributed by atoms with Crippen molar-refractivity contribution >= 4 is 11.5 Å². The Bertz CT molecular complexity index is 359. The fourth-order valence-electron chi connectivity index (χ4n) is 1.85. The number of ether oxygens (including phenoxy) is 1. The summed E-state index contributed by atoms with van der Waals surface area (Å²) < 4.78 is 5.37. The second-order valence-electron chi connectivity index (χ2n) is 4.10. The van der Waals surface area contributed by atoms with Crippen LogP contribution in [0.3, 0.4) is 0 Å². The predicted molar refractivity (Wildman–Crippen MR) is 75.4 cm³/mol. The Kier molecular flexibility index (Phi) is 6.44. The highest BCUT2D eigenvalue weighted by atomic mass is 16.5. The normalized spacial score (nSPS) is 10.4. The van der Waals surface area contributed by atoms with Gasteiger partial charge in [0, 0.05) is 37.4 Å². The Morgan fingerprint density at radius 2 is 1.83 bits per heavy atom. The molecule has 100 valence electrons. The molecule has 0 heterocycles. The molecule has 0 aliphatic rings. The zero-order chi connectivity index (χ0) is 13.4. The highest BCUT2D eigenvalue weighted by Crippen LogP contribution is 2.15. The van der Waals surface area contributed by atoms with E-state index in [0.29, 0.717) is 6.42 Å². The molecule has 1 aromatic carbocycles. The van der Waals surface area contributed by atoms with Gasteiger partial charge in [-0.3, -0.25) is 4.79 Å². The predicted octanol–water partition coefficient (Wildman–Crippen LogP) is 3.14. The van der Waals surface area contributed by atoms with Gasteiger partial charge in [0.15, 0.2) is 5.78 Å². The zero-order valence-electron chi connectivity index (χ0n) is 11.6. The zero-order valence-corrected chi connectivity index (χ0v) is 11.6. The summed E-state index contributed by atoms with van der Waals surface area (Å²) in [6, 6.07) is 7.84. The van der Waals surface area contributed by atoms with Crippen LogP contribution in [-0.4, -0.2) is 32.1 Å². The lowest BCUT2D eigenvalue weighted by Gasteiger charge is -2.23. The van der Waals surface area contributed by atoms with Gasteiger partial charge in [-0.1, -0.05) is 6.92 Å². The van der Waals surface area contributed by atoms with E-state index in [1.54, 1.807) is 0 Å². The molecule has 0 aliphatic carbocycles. The minimum absolute atomic E-state index is 0.193. The first kappa shape index (κ1) is 14.7. The Balaban J connectivity index is 2.66. The number of nitrogens with zero attached hydrogens (tertiary/aromatic N) is 1. The lowest BCUT2D eigenvalue weighted by atomic mass is 10.1. The van der Waals surface area contributed by atoms with Crippen LogP contribution in [0, 0.1) is 0 Å². The third-order valence-corrected chi connectivity index (χ3v) is 2.97. The average Bonchev–Trinajstić information content (AvgIpc) is 2.43. The minimum atomic E-state index is 0.193. The molecule has 0 atom stereocenters. The molecular formula is C15H23NO2. The first-order valence-electron chi connectivity index (χ1n) is 6.68. The van der Waals surface area contributed by atoms with Crippen molar-refractivity contribution in [2.24, 2.45) is 0 Å². The number of hydrogen-bond acceptors (Lipinski definition) is 3. The van der Waals surface area contributed by atoms with Gasteiger partial charge in [0.1, 0.15) is 0 Å². The quantitative estimate of drug-likeness (QED) is 0.523. The number of likely N-dealkylation sites (N-methyl/N-ethyl adjacent to an activating group) is 1.